The third-order valence-corrected chi connectivity index (χ3v) is 4.26. The summed E-state index contributed by atoms with van der Waals surface area (Å²) in [6.45, 7) is 4.41. The van der Waals surface area contributed by atoms with Gasteiger partial charge in [0.15, 0.2) is 5.78 Å². The van der Waals surface area contributed by atoms with Crippen molar-refractivity contribution in [1.82, 2.24) is 4.57 Å². The van der Waals surface area contributed by atoms with Gasteiger partial charge in [-0.2, -0.15) is 5.26 Å². The van der Waals surface area contributed by atoms with Crippen LogP contribution in [0.3, 0.4) is 0 Å². The van der Waals surface area contributed by atoms with Crippen molar-refractivity contribution >= 4 is 17.4 Å². The number of ether oxygens (including phenoxy) is 1. The van der Waals surface area contributed by atoms with Crippen LogP contribution in [0.25, 0.3) is 0 Å². The summed E-state index contributed by atoms with van der Waals surface area (Å²) >= 11 is 5.84. The summed E-state index contributed by atoms with van der Waals surface area (Å²) in [6, 6.07) is 8.02. The molecule has 0 unspecified atom stereocenters. The van der Waals surface area contributed by atoms with Crippen LogP contribution in [0.15, 0.2) is 29.1 Å². The lowest BCUT2D eigenvalue weighted by Gasteiger charge is -2.15. The van der Waals surface area contributed by atoms with E-state index in [1.54, 1.807) is 12.1 Å². The fraction of sp³-hybridized carbons (Fsp3) is 0.316. The average molecular weight is 375 g/mol. The van der Waals surface area contributed by atoms with Gasteiger partial charge in [0.1, 0.15) is 11.6 Å². The quantitative estimate of drug-likeness (QED) is 0.594. The van der Waals surface area contributed by atoms with E-state index in [1.807, 2.05) is 13.0 Å². The second-order valence-electron chi connectivity index (χ2n) is 5.65. The Bertz CT molecular complexity index is 911. The van der Waals surface area contributed by atoms with E-state index in [9.17, 15) is 20.0 Å². The van der Waals surface area contributed by atoms with Gasteiger partial charge in [-0.25, -0.2) is 0 Å². The number of hydrogen-bond donors (Lipinski definition) is 1. The van der Waals surface area contributed by atoms with Crippen molar-refractivity contribution in [2.24, 2.45) is 0 Å². The Balaban J connectivity index is 2.54. The number of nitriles is 1. The van der Waals surface area contributed by atoms with E-state index in [4.69, 9.17) is 16.3 Å². The van der Waals surface area contributed by atoms with Crippen LogP contribution in [-0.4, -0.2) is 28.7 Å². The maximum atomic E-state index is 12.9. The third kappa shape index (κ3) is 3.96. The second kappa shape index (κ2) is 8.65. The Labute approximate surface area is 156 Å². The lowest BCUT2D eigenvalue weighted by molar-refractivity contribution is 0.103. The summed E-state index contributed by atoms with van der Waals surface area (Å²) < 4.78 is 6.28. The number of aromatic nitrogens is 1. The molecule has 0 saturated heterocycles. The minimum Gasteiger partial charge on any atom is -0.494 e. The number of ketones is 1. The highest BCUT2D eigenvalue weighted by Gasteiger charge is 2.24. The molecule has 0 fully saturated rings. The number of benzene rings is 1. The van der Waals surface area contributed by atoms with Gasteiger partial charge in [0.05, 0.1) is 5.56 Å². The van der Waals surface area contributed by atoms with Crippen molar-refractivity contribution in [3.8, 4) is 11.9 Å². The molecule has 0 radical (unpaired) electrons. The van der Waals surface area contributed by atoms with Crippen LogP contribution >= 0.6 is 11.6 Å². The smallest absolute Gasteiger partial charge is 0.271 e. The van der Waals surface area contributed by atoms with Gasteiger partial charge in [0, 0.05) is 30.3 Å². The Morgan fingerprint density at radius 3 is 2.58 bits per heavy atom. The first kappa shape index (κ1) is 19.7. The van der Waals surface area contributed by atoms with Crippen LogP contribution in [0.5, 0.6) is 5.88 Å². The number of carbonyl (C=O) groups is 1. The van der Waals surface area contributed by atoms with Gasteiger partial charge in [-0.05, 0) is 50.1 Å². The predicted molar refractivity (Wildman–Crippen MR) is 97.8 cm³/mol. The van der Waals surface area contributed by atoms with Crippen molar-refractivity contribution in [2.45, 2.75) is 26.8 Å². The summed E-state index contributed by atoms with van der Waals surface area (Å²) in [4.78, 5) is 25.3. The first-order valence-electron chi connectivity index (χ1n) is 8.16. The SMILES string of the molecule is CCOCCCn1c(O)c(C(=O)c2ccc(Cl)cc2)c(C)c(C#N)c1=O. The van der Waals surface area contributed by atoms with Crippen LogP contribution in [0.4, 0.5) is 0 Å². The van der Waals surface area contributed by atoms with Gasteiger partial charge >= 0.3 is 0 Å². The Morgan fingerprint density at radius 1 is 1.35 bits per heavy atom. The van der Waals surface area contributed by atoms with E-state index >= 15 is 0 Å². The van der Waals surface area contributed by atoms with Crippen molar-refractivity contribution < 1.29 is 14.6 Å². The van der Waals surface area contributed by atoms with Crippen LogP contribution in [0, 0.1) is 18.3 Å². The highest BCUT2D eigenvalue weighted by Crippen LogP contribution is 2.25. The van der Waals surface area contributed by atoms with Gasteiger partial charge in [0.25, 0.3) is 5.56 Å². The molecule has 0 aliphatic carbocycles. The zero-order chi connectivity index (χ0) is 19.3. The molecule has 0 spiro atoms. The van der Waals surface area contributed by atoms with E-state index < -0.39 is 17.2 Å². The van der Waals surface area contributed by atoms with Gasteiger partial charge < -0.3 is 9.84 Å². The maximum absolute atomic E-state index is 12.9. The van der Waals surface area contributed by atoms with Crippen LogP contribution in [-0.2, 0) is 11.3 Å². The van der Waals surface area contributed by atoms with E-state index in [0.29, 0.717) is 30.2 Å². The van der Waals surface area contributed by atoms with Gasteiger partial charge in [-0.15, -0.1) is 0 Å². The molecule has 26 heavy (non-hydrogen) atoms. The molecule has 0 bridgehead atoms. The molecule has 6 nitrogen and oxygen atoms in total. The fourth-order valence-electron chi connectivity index (χ4n) is 2.64. The maximum Gasteiger partial charge on any atom is 0.271 e. The highest BCUT2D eigenvalue weighted by atomic mass is 35.5. The molecule has 0 amide bonds. The number of halogens is 1. The number of hydrogen-bond acceptors (Lipinski definition) is 5. The summed E-state index contributed by atoms with van der Waals surface area (Å²) in [5, 5.41) is 20.4. The van der Waals surface area contributed by atoms with Crippen molar-refractivity contribution in [2.75, 3.05) is 13.2 Å². The van der Waals surface area contributed by atoms with Crippen LogP contribution in [0.1, 0.15) is 40.4 Å². The summed E-state index contributed by atoms with van der Waals surface area (Å²) in [7, 11) is 0. The summed E-state index contributed by atoms with van der Waals surface area (Å²) in [6.07, 6.45) is 0.462. The van der Waals surface area contributed by atoms with Crippen LogP contribution in [0.2, 0.25) is 5.02 Å². The number of rotatable bonds is 7. The first-order chi connectivity index (χ1) is 12.4. The number of aromatic hydroxyl groups is 1. The molecule has 1 heterocycles. The van der Waals surface area contributed by atoms with Gasteiger partial charge in [-0.3, -0.25) is 14.2 Å². The van der Waals surface area contributed by atoms with Gasteiger partial charge in [0.2, 0.25) is 5.88 Å². The normalized spacial score (nSPS) is 10.5. The lowest BCUT2D eigenvalue weighted by atomic mass is 9.97. The highest BCUT2D eigenvalue weighted by molar-refractivity contribution is 6.30. The minimum atomic E-state index is -0.619. The molecule has 1 aromatic carbocycles. The second-order valence-corrected chi connectivity index (χ2v) is 6.09. The summed E-state index contributed by atoms with van der Waals surface area (Å²) in [5.41, 5.74) is -0.365. The van der Waals surface area contributed by atoms with E-state index in [2.05, 4.69) is 0 Å². The number of pyridine rings is 1. The lowest BCUT2D eigenvalue weighted by Crippen LogP contribution is -2.27. The molecule has 0 atom stereocenters. The zero-order valence-corrected chi connectivity index (χ0v) is 15.3. The zero-order valence-electron chi connectivity index (χ0n) is 14.6. The topological polar surface area (TPSA) is 92.3 Å². The van der Waals surface area contributed by atoms with E-state index in [1.165, 1.54) is 19.1 Å². The monoisotopic (exact) mass is 374 g/mol. The molecule has 136 valence electrons. The molecule has 0 saturated carbocycles. The van der Waals surface area contributed by atoms with Crippen LogP contribution < -0.4 is 5.56 Å². The molecule has 2 rings (SSSR count). The molecular formula is C19H19ClN2O4. The molecule has 0 aliphatic rings. The standard InChI is InChI=1S/C19H19ClN2O4/c1-3-26-10-4-9-22-18(24)15(11-21)12(2)16(19(22)25)17(23)13-5-7-14(20)8-6-13/h5-8,25H,3-4,9-10H2,1-2H3. The molecule has 1 N–H and O–H groups in total. The molecule has 2 aromatic rings. The van der Waals surface area contributed by atoms with Crippen molar-refractivity contribution in [1.29, 1.82) is 5.26 Å². The van der Waals surface area contributed by atoms with Gasteiger partial charge in [-0.1, -0.05) is 11.6 Å². The van der Waals surface area contributed by atoms with E-state index in [0.717, 1.165) is 4.57 Å². The Hall–Kier alpha value is -2.62. The average Bonchev–Trinajstić information content (AvgIpc) is 2.62. The largest absolute Gasteiger partial charge is 0.494 e. The number of carbonyl (C=O) groups excluding carboxylic acids is 1. The minimum absolute atomic E-state index is 0.0557. The molecule has 7 heteroatoms. The molecule has 1 aromatic heterocycles. The predicted octanol–water partition coefficient (Wildman–Crippen LogP) is 3.05. The molecular weight excluding hydrogens is 356 g/mol. The Kier molecular flexibility index (Phi) is 6.56. The molecule has 0 aliphatic heterocycles. The Morgan fingerprint density at radius 2 is 2.00 bits per heavy atom. The van der Waals surface area contributed by atoms with E-state index in [-0.39, 0.29) is 23.2 Å². The first-order valence-corrected chi connectivity index (χ1v) is 8.54. The number of nitrogens with zero attached hydrogens (tertiary/aromatic N) is 2. The summed E-state index contributed by atoms with van der Waals surface area (Å²) in [5.74, 6) is -0.922. The van der Waals surface area contributed by atoms with Crippen molar-refractivity contribution in [3.05, 3.63) is 61.9 Å². The fourth-order valence-corrected chi connectivity index (χ4v) is 2.77. The third-order valence-electron chi connectivity index (χ3n) is 4.01. The van der Waals surface area contributed by atoms with Crippen molar-refractivity contribution in [3.63, 3.8) is 0 Å².